The molecule has 1 saturated heterocycles. The van der Waals surface area contributed by atoms with E-state index in [2.05, 4.69) is 10.3 Å². The van der Waals surface area contributed by atoms with Gasteiger partial charge in [0.2, 0.25) is 6.43 Å². The number of thiophene rings is 1. The predicted molar refractivity (Wildman–Crippen MR) is 142 cm³/mol. The first-order valence-electron chi connectivity index (χ1n) is 12.0. The fraction of sp³-hybridized carbons (Fsp3) is 0.346. The first kappa shape index (κ1) is 28.2. The van der Waals surface area contributed by atoms with Gasteiger partial charge in [0.05, 0.1) is 22.2 Å². The van der Waals surface area contributed by atoms with E-state index in [9.17, 15) is 31.5 Å². The van der Waals surface area contributed by atoms with E-state index in [1.807, 2.05) is 0 Å². The van der Waals surface area contributed by atoms with E-state index in [4.69, 9.17) is 16.3 Å². The van der Waals surface area contributed by atoms with E-state index in [1.165, 1.54) is 17.5 Å². The molecule has 1 aromatic carbocycles. The van der Waals surface area contributed by atoms with Crippen molar-refractivity contribution in [2.45, 2.75) is 32.6 Å². The number of pyridine rings is 1. The highest BCUT2D eigenvalue weighted by molar-refractivity contribution is 7.19. The summed E-state index contributed by atoms with van der Waals surface area (Å²) in [4.78, 5) is 29.9. The van der Waals surface area contributed by atoms with Crippen molar-refractivity contribution in [3.8, 4) is 16.9 Å². The third-order valence-corrected chi connectivity index (χ3v) is 8.08. The van der Waals surface area contributed by atoms with E-state index in [0.717, 1.165) is 16.8 Å². The van der Waals surface area contributed by atoms with Crippen molar-refractivity contribution in [2.24, 2.45) is 5.41 Å². The number of rotatable bonds is 8. The van der Waals surface area contributed by atoms with Crippen LogP contribution in [-0.4, -0.2) is 46.4 Å². The Kier molecular flexibility index (Phi) is 7.48. The Balaban J connectivity index is 1.53. The van der Waals surface area contributed by atoms with Crippen LogP contribution in [0.2, 0.25) is 5.02 Å². The number of ether oxygens (including phenoxy) is 1. The zero-order chi connectivity index (χ0) is 28.8. The third-order valence-electron chi connectivity index (χ3n) is 6.72. The van der Waals surface area contributed by atoms with Gasteiger partial charge in [-0.15, -0.1) is 11.3 Å². The molecule has 3 aromatic heterocycles. The summed E-state index contributed by atoms with van der Waals surface area (Å²) in [6.45, 7) is 0.0135. The minimum atomic E-state index is -4.64. The summed E-state index contributed by atoms with van der Waals surface area (Å²) in [6.07, 6.45) is -4.85. The maximum absolute atomic E-state index is 13.7. The molecule has 0 radical (unpaired) electrons. The Morgan fingerprint density at radius 2 is 1.93 bits per heavy atom. The van der Waals surface area contributed by atoms with Gasteiger partial charge in [0.15, 0.2) is 0 Å². The molecule has 1 fully saturated rings. The van der Waals surface area contributed by atoms with E-state index < -0.39 is 35.8 Å². The highest BCUT2D eigenvalue weighted by atomic mass is 35.5. The second kappa shape index (κ2) is 10.6. The van der Waals surface area contributed by atoms with Crippen LogP contribution in [-0.2, 0) is 13.1 Å². The van der Waals surface area contributed by atoms with Crippen LogP contribution in [0.5, 0.6) is 5.75 Å². The SMILES string of the molecule is Cc1cc(Cl)cc(-c2ccnc3cc(Cn4c(=O)ccn(CC(F)(F)F)c4=O)sc23)c1OCC1(C(F)F)CNC1. The van der Waals surface area contributed by atoms with E-state index in [-0.39, 0.29) is 26.2 Å². The molecule has 0 spiro atoms. The van der Waals surface area contributed by atoms with Crippen LogP contribution in [0.3, 0.4) is 0 Å². The van der Waals surface area contributed by atoms with Crippen molar-refractivity contribution >= 4 is 33.2 Å². The Bertz CT molecular complexity index is 1690. The zero-order valence-corrected chi connectivity index (χ0v) is 22.5. The lowest BCUT2D eigenvalue weighted by Gasteiger charge is -2.41. The van der Waals surface area contributed by atoms with E-state index in [0.29, 0.717) is 47.1 Å². The minimum Gasteiger partial charge on any atom is -0.492 e. The number of aryl methyl sites for hydroxylation is 1. The maximum atomic E-state index is 13.7. The maximum Gasteiger partial charge on any atom is 0.406 e. The normalized spacial score (nSPS) is 15.0. The molecule has 14 heteroatoms. The summed E-state index contributed by atoms with van der Waals surface area (Å²) < 4.78 is 73.9. The van der Waals surface area contributed by atoms with Gasteiger partial charge in [-0.2, -0.15) is 13.2 Å². The first-order chi connectivity index (χ1) is 18.9. The molecule has 0 aliphatic carbocycles. The van der Waals surface area contributed by atoms with Crippen molar-refractivity contribution in [1.29, 1.82) is 0 Å². The molecular formula is C26H22ClF5N4O3S. The molecule has 5 rings (SSSR count). The number of alkyl halides is 5. The second-order valence-corrected chi connectivity index (χ2v) is 11.3. The summed E-state index contributed by atoms with van der Waals surface area (Å²) in [6, 6.07) is 7.58. The van der Waals surface area contributed by atoms with E-state index >= 15 is 0 Å². The van der Waals surface area contributed by atoms with Crippen molar-refractivity contribution < 1.29 is 26.7 Å². The molecule has 7 nitrogen and oxygen atoms in total. The number of halogens is 6. The summed E-state index contributed by atoms with van der Waals surface area (Å²) in [7, 11) is 0. The van der Waals surface area contributed by atoms with Gasteiger partial charge < -0.3 is 10.1 Å². The zero-order valence-electron chi connectivity index (χ0n) is 20.9. The van der Waals surface area contributed by atoms with Crippen LogP contribution >= 0.6 is 22.9 Å². The third kappa shape index (κ3) is 5.50. The van der Waals surface area contributed by atoms with Crippen LogP contribution in [0.1, 0.15) is 10.4 Å². The average molecular weight is 601 g/mol. The standard InChI is InChI=1S/C26H22ClF5N4O3S/c1-14-6-15(27)7-18(21(14)39-13-25(23(28)29)10-33-11-25)17-2-4-34-19-8-16(40-22(17)19)9-36-20(37)3-5-35(24(36)38)12-26(30,31)32/h2-8,23,33H,9-13H2,1H3. The van der Waals surface area contributed by atoms with Crippen LogP contribution in [0.4, 0.5) is 22.0 Å². The predicted octanol–water partition coefficient (Wildman–Crippen LogP) is 5.09. The topological polar surface area (TPSA) is 78.2 Å². The molecule has 0 amide bonds. The number of aromatic nitrogens is 3. The lowest BCUT2D eigenvalue weighted by molar-refractivity contribution is -0.141. The number of nitrogens with one attached hydrogen (secondary N) is 1. The molecule has 1 aliphatic rings. The van der Waals surface area contributed by atoms with Crippen LogP contribution < -0.4 is 21.3 Å². The quantitative estimate of drug-likeness (QED) is 0.285. The Labute approximate surface area is 232 Å². The number of hydrogen-bond donors (Lipinski definition) is 1. The van der Waals surface area contributed by atoms with E-state index in [1.54, 1.807) is 31.2 Å². The molecule has 0 atom stereocenters. The summed E-state index contributed by atoms with van der Waals surface area (Å²) in [5, 5.41) is 3.27. The number of benzene rings is 1. The largest absolute Gasteiger partial charge is 0.492 e. The highest BCUT2D eigenvalue weighted by Gasteiger charge is 2.46. The number of hydrogen-bond acceptors (Lipinski definition) is 6. The molecule has 0 unspecified atom stereocenters. The Morgan fingerprint density at radius 3 is 2.58 bits per heavy atom. The second-order valence-electron chi connectivity index (χ2n) is 9.71. The van der Waals surface area contributed by atoms with Gasteiger partial charge in [0.1, 0.15) is 18.9 Å². The van der Waals surface area contributed by atoms with Gasteiger partial charge in [-0.3, -0.25) is 18.9 Å². The van der Waals surface area contributed by atoms with Crippen LogP contribution in [0.25, 0.3) is 21.3 Å². The molecule has 40 heavy (non-hydrogen) atoms. The van der Waals surface area contributed by atoms with Gasteiger partial charge in [0.25, 0.3) is 5.56 Å². The summed E-state index contributed by atoms with van der Waals surface area (Å²) in [5.74, 6) is 0.382. The van der Waals surface area contributed by atoms with Gasteiger partial charge in [-0.25, -0.2) is 13.6 Å². The molecule has 4 heterocycles. The highest BCUT2D eigenvalue weighted by Crippen LogP contribution is 2.42. The van der Waals surface area contributed by atoms with Gasteiger partial charge in [-0.05, 0) is 36.8 Å². The minimum absolute atomic E-state index is 0.129. The molecule has 1 N–H and O–H groups in total. The van der Waals surface area contributed by atoms with Crippen LogP contribution in [0.15, 0.2) is 52.3 Å². The van der Waals surface area contributed by atoms with Crippen LogP contribution in [0, 0.1) is 12.3 Å². The Morgan fingerprint density at radius 1 is 1.18 bits per heavy atom. The Hall–Kier alpha value is -3.29. The van der Waals surface area contributed by atoms with Gasteiger partial charge >= 0.3 is 11.9 Å². The van der Waals surface area contributed by atoms with Gasteiger partial charge in [-0.1, -0.05) is 11.6 Å². The molecule has 1 aliphatic heterocycles. The molecule has 0 saturated carbocycles. The fourth-order valence-electron chi connectivity index (χ4n) is 4.55. The molecular weight excluding hydrogens is 579 g/mol. The number of fused-ring (bicyclic) bond motifs is 1. The fourth-order valence-corrected chi connectivity index (χ4v) is 5.96. The lowest BCUT2D eigenvalue weighted by Crippen LogP contribution is -2.60. The van der Waals surface area contributed by atoms with Crippen molar-refractivity contribution in [1.82, 2.24) is 19.4 Å². The monoisotopic (exact) mass is 600 g/mol. The van der Waals surface area contributed by atoms with Crippen molar-refractivity contribution in [3.63, 3.8) is 0 Å². The summed E-state index contributed by atoms with van der Waals surface area (Å²) >= 11 is 7.55. The number of nitrogens with zero attached hydrogens (tertiary/aromatic N) is 3. The average Bonchev–Trinajstić information content (AvgIpc) is 3.25. The van der Waals surface area contributed by atoms with Crippen molar-refractivity contribution in [2.75, 3.05) is 19.7 Å². The molecule has 0 bridgehead atoms. The molecule has 4 aromatic rings. The molecule has 212 valence electrons. The van der Waals surface area contributed by atoms with Crippen molar-refractivity contribution in [3.05, 3.63) is 79.0 Å². The first-order valence-corrected chi connectivity index (χ1v) is 13.2. The van der Waals surface area contributed by atoms with Gasteiger partial charge in [0, 0.05) is 52.6 Å². The summed E-state index contributed by atoms with van der Waals surface area (Å²) in [5.41, 5.74) is -0.797. The smallest absolute Gasteiger partial charge is 0.406 e. The lowest BCUT2D eigenvalue weighted by atomic mass is 9.83.